The molecule has 0 aliphatic carbocycles. The summed E-state index contributed by atoms with van der Waals surface area (Å²) in [6.07, 6.45) is 10.2. The molecule has 21 heavy (non-hydrogen) atoms. The molecule has 0 aromatic carbocycles. The minimum atomic E-state index is -1.13. The van der Waals surface area contributed by atoms with Crippen LogP contribution in [0.3, 0.4) is 0 Å². The number of carbonyl (C=O) groups is 2. The number of carboxylic acids is 1. The number of unbranched alkanes of at least 4 members (excludes halogenated alkanes) is 3. The van der Waals surface area contributed by atoms with Crippen LogP contribution in [0, 0.1) is 5.92 Å². The zero-order valence-corrected chi connectivity index (χ0v) is 13.6. The fraction of sp³-hybridized carbons (Fsp3) is 0.765. The third kappa shape index (κ3) is 10.1. The van der Waals surface area contributed by atoms with Crippen molar-refractivity contribution in [1.82, 2.24) is 0 Å². The number of rotatable bonds is 12. The van der Waals surface area contributed by atoms with Crippen molar-refractivity contribution in [2.75, 3.05) is 0 Å². The Bertz CT molecular complexity index is 323. The van der Waals surface area contributed by atoms with E-state index < -0.39 is 11.9 Å². The maximum atomic E-state index is 11.7. The monoisotopic (exact) mass is 298 g/mol. The smallest absolute Gasteiger partial charge is 0.331 e. The molecule has 2 atom stereocenters. The predicted octanol–water partition coefficient (Wildman–Crippen LogP) is 4.34. The average molecular weight is 298 g/mol. The Morgan fingerprint density at radius 2 is 1.67 bits per heavy atom. The highest BCUT2D eigenvalue weighted by Gasteiger charge is 2.22. The topological polar surface area (TPSA) is 63.6 Å². The molecule has 2 unspecified atom stereocenters. The first-order chi connectivity index (χ1) is 10.0. The third-order valence-corrected chi connectivity index (χ3v) is 3.70. The van der Waals surface area contributed by atoms with Gasteiger partial charge in [-0.2, -0.15) is 0 Å². The summed E-state index contributed by atoms with van der Waals surface area (Å²) in [5, 5.41) is 8.55. The molecule has 0 amide bonds. The fourth-order valence-corrected chi connectivity index (χ4v) is 2.43. The number of esters is 1. The Labute approximate surface area is 128 Å². The lowest BCUT2D eigenvalue weighted by Gasteiger charge is -2.26. The Hall–Kier alpha value is -1.32. The molecule has 122 valence electrons. The number of carboxylic acid groups (broad SMARTS) is 1. The molecule has 0 radical (unpaired) electrons. The maximum absolute atomic E-state index is 11.7. The normalized spacial score (nSPS) is 14.0. The van der Waals surface area contributed by atoms with Crippen LogP contribution in [-0.4, -0.2) is 23.1 Å². The number of hydrogen-bond acceptors (Lipinski definition) is 3. The third-order valence-electron chi connectivity index (χ3n) is 3.70. The predicted molar refractivity (Wildman–Crippen MR) is 84.1 cm³/mol. The standard InChI is InChI=1S/C17H30O4/c1-4-7-9-11-15(14(6-3)10-8-5-2)21-17(20)13-12-16(18)19/h12-15H,4-11H2,1-3H3,(H,18,19)/b13-12-. The summed E-state index contributed by atoms with van der Waals surface area (Å²) >= 11 is 0. The molecule has 0 heterocycles. The summed E-state index contributed by atoms with van der Waals surface area (Å²) in [7, 11) is 0. The summed E-state index contributed by atoms with van der Waals surface area (Å²) in [5.74, 6) is -1.31. The van der Waals surface area contributed by atoms with Gasteiger partial charge in [-0.05, 0) is 31.6 Å². The van der Waals surface area contributed by atoms with Gasteiger partial charge in [0.1, 0.15) is 6.10 Å². The number of aliphatic carboxylic acids is 1. The van der Waals surface area contributed by atoms with Gasteiger partial charge in [-0.15, -0.1) is 0 Å². The molecule has 0 saturated carbocycles. The van der Waals surface area contributed by atoms with Crippen molar-refractivity contribution in [2.45, 2.75) is 78.2 Å². The summed E-state index contributed by atoms with van der Waals surface area (Å²) in [6, 6.07) is 0. The lowest BCUT2D eigenvalue weighted by atomic mass is 9.90. The molecule has 0 fully saturated rings. The molecule has 0 aromatic heterocycles. The van der Waals surface area contributed by atoms with Gasteiger partial charge in [0.25, 0.3) is 0 Å². The van der Waals surface area contributed by atoms with Crippen LogP contribution in [0.4, 0.5) is 0 Å². The van der Waals surface area contributed by atoms with E-state index in [1.54, 1.807) is 0 Å². The van der Waals surface area contributed by atoms with Crippen molar-refractivity contribution in [3.63, 3.8) is 0 Å². The molecule has 0 aliphatic heterocycles. The number of carbonyl (C=O) groups excluding carboxylic acids is 1. The molecule has 4 heteroatoms. The van der Waals surface area contributed by atoms with Crippen LogP contribution in [0.25, 0.3) is 0 Å². The highest BCUT2D eigenvalue weighted by molar-refractivity contribution is 5.90. The van der Waals surface area contributed by atoms with E-state index in [0.717, 1.165) is 63.5 Å². The van der Waals surface area contributed by atoms with Crippen LogP contribution in [0.1, 0.15) is 72.1 Å². The van der Waals surface area contributed by atoms with Gasteiger partial charge in [-0.25, -0.2) is 9.59 Å². The molecule has 0 saturated heterocycles. The van der Waals surface area contributed by atoms with Crippen molar-refractivity contribution in [2.24, 2.45) is 5.92 Å². The Morgan fingerprint density at radius 1 is 1.00 bits per heavy atom. The summed E-state index contributed by atoms with van der Waals surface area (Å²) < 4.78 is 5.51. The van der Waals surface area contributed by atoms with Crippen LogP contribution in [0.5, 0.6) is 0 Å². The van der Waals surface area contributed by atoms with Crippen LogP contribution in [0.15, 0.2) is 12.2 Å². The van der Waals surface area contributed by atoms with Crippen molar-refractivity contribution in [3.8, 4) is 0 Å². The van der Waals surface area contributed by atoms with Crippen molar-refractivity contribution >= 4 is 11.9 Å². The molecular formula is C17H30O4. The molecule has 0 bridgehead atoms. The van der Waals surface area contributed by atoms with Gasteiger partial charge >= 0.3 is 11.9 Å². The zero-order chi connectivity index (χ0) is 16.1. The van der Waals surface area contributed by atoms with E-state index in [2.05, 4.69) is 20.8 Å². The van der Waals surface area contributed by atoms with E-state index in [9.17, 15) is 9.59 Å². The van der Waals surface area contributed by atoms with Crippen LogP contribution >= 0.6 is 0 Å². The van der Waals surface area contributed by atoms with Gasteiger partial charge < -0.3 is 9.84 Å². The van der Waals surface area contributed by atoms with E-state index >= 15 is 0 Å². The summed E-state index contributed by atoms with van der Waals surface area (Å²) in [4.78, 5) is 22.1. The first kappa shape index (κ1) is 19.7. The molecule has 0 aromatic rings. The SMILES string of the molecule is CCCCCC(OC(=O)/C=C\C(=O)O)C(CC)CCCC. The lowest BCUT2D eigenvalue weighted by Crippen LogP contribution is -2.26. The van der Waals surface area contributed by atoms with Crippen LogP contribution < -0.4 is 0 Å². The molecule has 0 spiro atoms. The maximum Gasteiger partial charge on any atom is 0.331 e. The van der Waals surface area contributed by atoms with E-state index in [0.29, 0.717) is 5.92 Å². The first-order valence-corrected chi connectivity index (χ1v) is 8.16. The quantitative estimate of drug-likeness (QED) is 0.331. The Balaban J connectivity index is 4.61. The van der Waals surface area contributed by atoms with Crippen molar-refractivity contribution in [1.29, 1.82) is 0 Å². The minimum Gasteiger partial charge on any atom is -0.478 e. The molecule has 0 rings (SSSR count). The van der Waals surface area contributed by atoms with Crippen molar-refractivity contribution < 1.29 is 19.4 Å². The lowest BCUT2D eigenvalue weighted by molar-refractivity contribution is -0.147. The molecular weight excluding hydrogens is 268 g/mol. The number of hydrogen-bond donors (Lipinski definition) is 1. The van der Waals surface area contributed by atoms with Crippen LogP contribution in [-0.2, 0) is 14.3 Å². The summed E-state index contributed by atoms with van der Waals surface area (Å²) in [6.45, 7) is 6.42. The Kier molecular flexibility index (Phi) is 11.6. The molecule has 0 aliphatic rings. The Morgan fingerprint density at radius 3 is 2.19 bits per heavy atom. The zero-order valence-electron chi connectivity index (χ0n) is 13.6. The van der Waals surface area contributed by atoms with Gasteiger partial charge in [-0.1, -0.05) is 46.5 Å². The van der Waals surface area contributed by atoms with Gasteiger partial charge in [-0.3, -0.25) is 0 Å². The molecule has 4 nitrogen and oxygen atoms in total. The van der Waals surface area contributed by atoms with Gasteiger partial charge in [0.05, 0.1) is 0 Å². The first-order valence-electron chi connectivity index (χ1n) is 8.16. The minimum absolute atomic E-state index is 0.0981. The van der Waals surface area contributed by atoms with E-state index in [1.165, 1.54) is 0 Å². The summed E-state index contributed by atoms with van der Waals surface area (Å²) in [5.41, 5.74) is 0. The second kappa shape index (κ2) is 12.4. The fourth-order valence-electron chi connectivity index (χ4n) is 2.43. The van der Waals surface area contributed by atoms with E-state index in [-0.39, 0.29) is 6.10 Å². The second-order valence-corrected chi connectivity index (χ2v) is 5.45. The highest BCUT2D eigenvalue weighted by atomic mass is 16.5. The number of ether oxygens (including phenoxy) is 1. The van der Waals surface area contributed by atoms with Crippen molar-refractivity contribution in [3.05, 3.63) is 12.2 Å². The van der Waals surface area contributed by atoms with Gasteiger partial charge in [0.15, 0.2) is 0 Å². The average Bonchev–Trinajstić information content (AvgIpc) is 2.45. The van der Waals surface area contributed by atoms with Gasteiger partial charge in [0, 0.05) is 12.2 Å². The highest BCUT2D eigenvalue weighted by Crippen LogP contribution is 2.24. The van der Waals surface area contributed by atoms with Crippen LogP contribution in [0.2, 0.25) is 0 Å². The van der Waals surface area contributed by atoms with E-state index in [1.807, 2.05) is 0 Å². The second-order valence-electron chi connectivity index (χ2n) is 5.45. The molecule has 1 N–H and O–H groups in total. The van der Waals surface area contributed by atoms with E-state index in [4.69, 9.17) is 9.84 Å². The largest absolute Gasteiger partial charge is 0.478 e. The van der Waals surface area contributed by atoms with Gasteiger partial charge in [0.2, 0.25) is 0 Å².